The summed E-state index contributed by atoms with van der Waals surface area (Å²) in [7, 11) is 0. The van der Waals surface area contributed by atoms with E-state index in [1.165, 1.54) is 0 Å². The van der Waals surface area contributed by atoms with Gasteiger partial charge in [-0.2, -0.15) is 5.10 Å². The lowest BCUT2D eigenvalue weighted by atomic mass is 10.1. The van der Waals surface area contributed by atoms with Crippen molar-refractivity contribution >= 4 is 5.91 Å². The molecule has 0 saturated heterocycles. The minimum atomic E-state index is -0.0265. The molecule has 0 unspecified atom stereocenters. The van der Waals surface area contributed by atoms with Crippen molar-refractivity contribution in [3.63, 3.8) is 0 Å². The van der Waals surface area contributed by atoms with Crippen molar-refractivity contribution in [1.82, 2.24) is 15.1 Å². The molecule has 3 rings (SSSR count). The summed E-state index contributed by atoms with van der Waals surface area (Å²) >= 11 is 0. The van der Waals surface area contributed by atoms with Crippen LogP contribution < -0.4 is 9.47 Å². The topological polar surface area (TPSA) is 67.5 Å². The van der Waals surface area contributed by atoms with E-state index < -0.39 is 0 Å². The fraction of sp³-hybridized carbons (Fsp3) is 0.333. The molecule has 2 heterocycles. The zero-order chi connectivity index (χ0) is 14.8. The summed E-state index contributed by atoms with van der Waals surface area (Å²) in [5.74, 6) is 1.45. The fourth-order valence-electron chi connectivity index (χ4n) is 2.32. The maximum Gasteiger partial charge on any atom is 0.257 e. The molecule has 1 aliphatic rings. The van der Waals surface area contributed by atoms with Gasteiger partial charge in [0.15, 0.2) is 11.5 Å². The SMILES string of the molecule is CCN(Cc1ccc2c(c1)OCO2)C(=O)c1cn[nH]c1C. The van der Waals surface area contributed by atoms with Gasteiger partial charge >= 0.3 is 0 Å². The van der Waals surface area contributed by atoms with Gasteiger partial charge in [0.1, 0.15) is 0 Å². The Labute approximate surface area is 122 Å². The Hall–Kier alpha value is -2.50. The lowest BCUT2D eigenvalue weighted by Gasteiger charge is -2.20. The molecule has 0 radical (unpaired) electrons. The van der Waals surface area contributed by atoms with Crippen LogP contribution in [0.2, 0.25) is 0 Å². The van der Waals surface area contributed by atoms with Crippen LogP contribution in [-0.4, -0.2) is 34.3 Å². The van der Waals surface area contributed by atoms with Crippen LogP contribution in [0, 0.1) is 6.92 Å². The van der Waals surface area contributed by atoms with Crippen molar-refractivity contribution in [1.29, 1.82) is 0 Å². The highest BCUT2D eigenvalue weighted by atomic mass is 16.7. The van der Waals surface area contributed by atoms with E-state index in [1.54, 1.807) is 11.1 Å². The molecule has 0 atom stereocenters. The number of rotatable bonds is 4. The summed E-state index contributed by atoms with van der Waals surface area (Å²) in [6, 6.07) is 5.74. The Morgan fingerprint density at radius 3 is 2.90 bits per heavy atom. The molecule has 110 valence electrons. The van der Waals surface area contributed by atoms with Gasteiger partial charge in [0, 0.05) is 18.8 Å². The second-order valence-electron chi connectivity index (χ2n) is 4.92. The molecular formula is C15H17N3O3. The summed E-state index contributed by atoms with van der Waals surface area (Å²) in [6.45, 7) is 5.20. The summed E-state index contributed by atoms with van der Waals surface area (Å²) < 4.78 is 10.7. The van der Waals surface area contributed by atoms with Gasteiger partial charge in [-0.25, -0.2) is 0 Å². The van der Waals surface area contributed by atoms with Crippen LogP contribution in [0.5, 0.6) is 11.5 Å². The number of nitrogens with zero attached hydrogens (tertiary/aromatic N) is 2. The van der Waals surface area contributed by atoms with Crippen LogP contribution in [0.15, 0.2) is 24.4 Å². The summed E-state index contributed by atoms with van der Waals surface area (Å²) in [5, 5.41) is 6.70. The van der Waals surface area contributed by atoms with E-state index in [0.717, 1.165) is 22.8 Å². The van der Waals surface area contributed by atoms with Crippen LogP contribution in [0.1, 0.15) is 28.5 Å². The first-order chi connectivity index (χ1) is 10.2. The first kappa shape index (κ1) is 13.5. The molecule has 1 aliphatic heterocycles. The van der Waals surface area contributed by atoms with Gasteiger partial charge in [-0.05, 0) is 31.5 Å². The van der Waals surface area contributed by atoms with E-state index in [0.29, 0.717) is 18.7 Å². The van der Waals surface area contributed by atoms with E-state index in [2.05, 4.69) is 10.2 Å². The first-order valence-electron chi connectivity index (χ1n) is 6.86. The number of amides is 1. The van der Waals surface area contributed by atoms with Crippen molar-refractivity contribution in [2.45, 2.75) is 20.4 Å². The number of carbonyl (C=O) groups is 1. The third-order valence-corrected chi connectivity index (χ3v) is 3.54. The third-order valence-electron chi connectivity index (χ3n) is 3.54. The van der Waals surface area contributed by atoms with E-state index in [-0.39, 0.29) is 12.7 Å². The molecule has 0 saturated carbocycles. The number of aryl methyl sites for hydroxylation is 1. The maximum absolute atomic E-state index is 12.5. The first-order valence-corrected chi connectivity index (χ1v) is 6.86. The highest BCUT2D eigenvalue weighted by molar-refractivity contribution is 5.94. The molecule has 1 N–H and O–H groups in total. The third kappa shape index (κ3) is 2.56. The van der Waals surface area contributed by atoms with Gasteiger partial charge in [-0.3, -0.25) is 9.89 Å². The second-order valence-corrected chi connectivity index (χ2v) is 4.92. The van der Waals surface area contributed by atoms with Gasteiger partial charge in [-0.1, -0.05) is 6.07 Å². The average molecular weight is 287 g/mol. The van der Waals surface area contributed by atoms with Crippen LogP contribution in [-0.2, 0) is 6.54 Å². The molecule has 6 nitrogen and oxygen atoms in total. The Balaban J connectivity index is 1.78. The number of aromatic amines is 1. The maximum atomic E-state index is 12.5. The Morgan fingerprint density at radius 2 is 2.19 bits per heavy atom. The minimum absolute atomic E-state index is 0.0265. The normalized spacial score (nSPS) is 12.5. The van der Waals surface area contributed by atoms with E-state index >= 15 is 0 Å². The Bertz CT molecular complexity index is 666. The molecule has 0 bridgehead atoms. The van der Waals surface area contributed by atoms with Gasteiger partial charge in [0.05, 0.1) is 11.8 Å². The molecule has 1 aromatic heterocycles. The smallest absolute Gasteiger partial charge is 0.257 e. The summed E-state index contributed by atoms with van der Waals surface area (Å²) in [5.41, 5.74) is 2.40. The number of carbonyl (C=O) groups excluding carboxylic acids is 1. The number of nitrogens with one attached hydrogen (secondary N) is 1. The fourth-order valence-corrected chi connectivity index (χ4v) is 2.32. The number of ether oxygens (including phenoxy) is 2. The number of H-pyrrole nitrogens is 1. The van der Waals surface area contributed by atoms with Crippen molar-refractivity contribution in [2.75, 3.05) is 13.3 Å². The molecule has 6 heteroatoms. The van der Waals surface area contributed by atoms with Gasteiger partial charge < -0.3 is 14.4 Å². The van der Waals surface area contributed by atoms with E-state index in [4.69, 9.17) is 9.47 Å². The lowest BCUT2D eigenvalue weighted by molar-refractivity contribution is 0.0751. The van der Waals surface area contributed by atoms with Crippen molar-refractivity contribution in [2.24, 2.45) is 0 Å². The molecular weight excluding hydrogens is 270 g/mol. The van der Waals surface area contributed by atoms with Crippen LogP contribution in [0.3, 0.4) is 0 Å². The number of fused-ring (bicyclic) bond motifs is 1. The highest BCUT2D eigenvalue weighted by Crippen LogP contribution is 2.32. The zero-order valence-electron chi connectivity index (χ0n) is 12.0. The molecule has 1 aromatic carbocycles. The van der Waals surface area contributed by atoms with Crippen LogP contribution >= 0.6 is 0 Å². The van der Waals surface area contributed by atoms with Gasteiger partial charge in [0.25, 0.3) is 5.91 Å². The lowest BCUT2D eigenvalue weighted by Crippen LogP contribution is -2.30. The van der Waals surface area contributed by atoms with Gasteiger partial charge in [-0.15, -0.1) is 0 Å². The van der Waals surface area contributed by atoms with Crippen molar-refractivity contribution in [3.8, 4) is 11.5 Å². The Kier molecular flexibility index (Phi) is 3.51. The molecule has 21 heavy (non-hydrogen) atoms. The number of aromatic nitrogens is 2. The number of benzene rings is 1. The van der Waals surface area contributed by atoms with E-state index in [1.807, 2.05) is 32.0 Å². The predicted octanol–water partition coefficient (Wildman–Crippen LogP) is 2.11. The summed E-state index contributed by atoms with van der Waals surface area (Å²) in [6.07, 6.45) is 1.57. The minimum Gasteiger partial charge on any atom is -0.454 e. The number of hydrogen-bond donors (Lipinski definition) is 1. The zero-order valence-corrected chi connectivity index (χ0v) is 12.0. The van der Waals surface area contributed by atoms with Crippen LogP contribution in [0.4, 0.5) is 0 Å². The monoisotopic (exact) mass is 287 g/mol. The standard InChI is InChI=1S/C15H17N3O3/c1-3-18(15(19)12-7-16-17-10(12)2)8-11-4-5-13-14(6-11)21-9-20-13/h4-7H,3,8-9H2,1-2H3,(H,16,17). The highest BCUT2D eigenvalue weighted by Gasteiger charge is 2.19. The number of hydrogen-bond acceptors (Lipinski definition) is 4. The van der Waals surface area contributed by atoms with E-state index in [9.17, 15) is 4.79 Å². The second kappa shape index (κ2) is 5.47. The average Bonchev–Trinajstić information content (AvgIpc) is 3.12. The predicted molar refractivity (Wildman–Crippen MR) is 76.3 cm³/mol. The van der Waals surface area contributed by atoms with Crippen molar-refractivity contribution < 1.29 is 14.3 Å². The largest absolute Gasteiger partial charge is 0.454 e. The quantitative estimate of drug-likeness (QED) is 0.935. The summed E-state index contributed by atoms with van der Waals surface area (Å²) in [4.78, 5) is 14.3. The van der Waals surface area contributed by atoms with Crippen LogP contribution in [0.25, 0.3) is 0 Å². The Morgan fingerprint density at radius 1 is 1.38 bits per heavy atom. The molecule has 0 fully saturated rings. The molecule has 0 spiro atoms. The molecule has 2 aromatic rings. The van der Waals surface area contributed by atoms with Crippen molar-refractivity contribution in [3.05, 3.63) is 41.2 Å². The molecule has 1 amide bonds. The molecule has 0 aliphatic carbocycles. The van der Waals surface area contributed by atoms with Gasteiger partial charge in [0.2, 0.25) is 6.79 Å².